The number of methoxy groups -OCH3 is 1. The Balaban J connectivity index is 2.14. The summed E-state index contributed by atoms with van der Waals surface area (Å²) in [6.07, 6.45) is 2.11. The molecule has 2 rings (SSSR count). The van der Waals surface area contributed by atoms with Crippen LogP contribution in [0.5, 0.6) is 11.5 Å². The van der Waals surface area contributed by atoms with Crippen molar-refractivity contribution in [1.29, 1.82) is 0 Å². The molecule has 0 atom stereocenters. The van der Waals surface area contributed by atoms with E-state index in [-0.39, 0.29) is 6.10 Å². The third kappa shape index (κ3) is 3.85. The van der Waals surface area contributed by atoms with Crippen molar-refractivity contribution in [2.24, 2.45) is 0 Å². The van der Waals surface area contributed by atoms with E-state index < -0.39 is 0 Å². The molecule has 0 spiro atoms. The van der Waals surface area contributed by atoms with Crippen LogP contribution in [0.4, 0.5) is 0 Å². The summed E-state index contributed by atoms with van der Waals surface area (Å²) in [5, 5.41) is 3.33. The van der Waals surface area contributed by atoms with Crippen LogP contribution in [0.3, 0.4) is 0 Å². The average Bonchev–Trinajstić information content (AvgIpc) is 2.47. The Morgan fingerprint density at radius 3 is 2.79 bits per heavy atom. The summed E-state index contributed by atoms with van der Waals surface area (Å²) in [6, 6.07) is 6.03. The quantitative estimate of drug-likeness (QED) is 0.857. The lowest BCUT2D eigenvalue weighted by Gasteiger charge is -2.25. The van der Waals surface area contributed by atoms with Crippen molar-refractivity contribution in [3.8, 4) is 11.5 Å². The number of nitrogens with one attached hydrogen (secondary N) is 1. The van der Waals surface area contributed by atoms with Crippen LogP contribution in [0, 0.1) is 0 Å². The molecule has 0 aromatic heterocycles. The number of ether oxygens (including phenoxy) is 3. The van der Waals surface area contributed by atoms with Crippen molar-refractivity contribution in [2.75, 3.05) is 26.9 Å². The standard InChI is InChI=1S/C15H23NO3/c1-3-16-11-12-5-4-6-14(17-2)15(12)19-13-7-9-18-10-8-13/h4-6,13,16H,3,7-11H2,1-2H3. The minimum absolute atomic E-state index is 0.227. The number of hydrogen-bond acceptors (Lipinski definition) is 4. The molecule has 1 aromatic carbocycles. The zero-order valence-electron chi connectivity index (χ0n) is 11.8. The molecule has 1 saturated heterocycles. The Hall–Kier alpha value is -1.26. The van der Waals surface area contributed by atoms with E-state index in [1.807, 2.05) is 12.1 Å². The van der Waals surface area contributed by atoms with E-state index in [1.54, 1.807) is 7.11 Å². The Morgan fingerprint density at radius 1 is 1.32 bits per heavy atom. The van der Waals surface area contributed by atoms with Gasteiger partial charge in [0.15, 0.2) is 11.5 Å². The lowest BCUT2D eigenvalue weighted by atomic mass is 10.1. The van der Waals surface area contributed by atoms with Crippen LogP contribution in [0.15, 0.2) is 18.2 Å². The van der Waals surface area contributed by atoms with E-state index in [4.69, 9.17) is 14.2 Å². The average molecular weight is 265 g/mol. The maximum atomic E-state index is 6.16. The molecule has 0 aliphatic carbocycles. The minimum Gasteiger partial charge on any atom is -0.493 e. The van der Waals surface area contributed by atoms with Crippen molar-refractivity contribution in [1.82, 2.24) is 5.32 Å². The van der Waals surface area contributed by atoms with Gasteiger partial charge in [-0.3, -0.25) is 0 Å². The van der Waals surface area contributed by atoms with Gasteiger partial charge in [0.1, 0.15) is 6.10 Å². The minimum atomic E-state index is 0.227. The van der Waals surface area contributed by atoms with Crippen LogP contribution in [-0.2, 0) is 11.3 Å². The van der Waals surface area contributed by atoms with Crippen molar-refractivity contribution >= 4 is 0 Å². The van der Waals surface area contributed by atoms with E-state index in [9.17, 15) is 0 Å². The first kappa shape index (κ1) is 14.2. The van der Waals surface area contributed by atoms with Crippen molar-refractivity contribution in [2.45, 2.75) is 32.4 Å². The molecule has 4 nitrogen and oxygen atoms in total. The second kappa shape index (κ2) is 7.36. The van der Waals surface area contributed by atoms with E-state index in [0.29, 0.717) is 0 Å². The van der Waals surface area contributed by atoms with E-state index >= 15 is 0 Å². The Kier molecular flexibility index (Phi) is 5.48. The summed E-state index contributed by atoms with van der Waals surface area (Å²) in [5.41, 5.74) is 1.15. The van der Waals surface area contributed by atoms with Gasteiger partial charge in [-0.25, -0.2) is 0 Å². The molecule has 1 aliphatic heterocycles. The van der Waals surface area contributed by atoms with Gasteiger partial charge in [0.05, 0.1) is 20.3 Å². The molecule has 0 radical (unpaired) electrons. The van der Waals surface area contributed by atoms with Crippen molar-refractivity contribution in [3.63, 3.8) is 0 Å². The number of para-hydroxylation sites is 1. The zero-order chi connectivity index (χ0) is 13.5. The highest BCUT2D eigenvalue weighted by molar-refractivity contribution is 5.46. The second-order valence-electron chi connectivity index (χ2n) is 4.66. The lowest BCUT2D eigenvalue weighted by molar-refractivity contribution is 0.0241. The summed E-state index contributed by atoms with van der Waals surface area (Å²) in [6.45, 7) is 5.39. The van der Waals surface area contributed by atoms with Gasteiger partial charge in [-0.2, -0.15) is 0 Å². The third-order valence-corrected chi connectivity index (χ3v) is 3.30. The maximum absolute atomic E-state index is 6.16. The smallest absolute Gasteiger partial charge is 0.166 e. The van der Waals surface area contributed by atoms with E-state index in [2.05, 4.69) is 18.3 Å². The molecule has 4 heteroatoms. The van der Waals surface area contributed by atoms with Crippen LogP contribution in [0.25, 0.3) is 0 Å². The Labute approximate surface area is 115 Å². The largest absolute Gasteiger partial charge is 0.493 e. The molecule has 0 bridgehead atoms. The molecule has 1 aromatic rings. The van der Waals surface area contributed by atoms with Gasteiger partial charge >= 0.3 is 0 Å². The first-order chi connectivity index (χ1) is 9.35. The fourth-order valence-corrected chi connectivity index (χ4v) is 2.22. The Bertz CT molecular complexity index is 389. The van der Waals surface area contributed by atoms with Crippen LogP contribution >= 0.6 is 0 Å². The molecular weight excluding hydrogens is 242 g/mol. The van der Waals surface area contributed by atoms with Crippen LogP contribution < -0.4 is 14.8 Å². The summed E-state index contributed by atoms with van der Waals surface area (Å²) in [5.74, 6) is 1.68. The normalized spacial score (nSPS) is 16.3. The van der Waals surface area contributed by atoms with Gasteiger partial charge in [-0.05, 0) is 12.6 Å². The van der Waals surface area contributed by atoms with Crippen molar-refractivity contribution in [3.05, 3.63) is 23.8 Å². The molecule has 0 unspecified atom stereocenters. The van der Waals surface area contributed by atoms with Crippen LogP contribution in [0.2, 0.25) is 0 Å². The first-order valence-electron chi connectivity index (χ1n) is 6.96. The summed E-state index contributed by atoms with van der Waals surface area (Å²) in [4.78, 5) is 0. The van der Waals surface area contributed by atoms with Crippen molar-refractivity contribution < 1.29 is 14.2 Å². The molecule has 1 aliphatic rings. The highest BCUT2D eigenvalue weighted by atomic mass is 16.5. The fraction of sp³-hybridized carbons (Fsp3) is 0.600. The third-order valence-electron chi connectivity index (χ3n) is 3.30. The second-order valence-corrected chi connectivity index (χ2v) is 4.66. The predicted octanol–water partition coefficient (Wildman–Crippen LogP) is 2.36. The molecule has 19 heavy (non-hydrogen) atoms. The SMILES string of the molecule is CCNCc1cccc(OC)c1OC1CCOCC1. The fourth-order valence-electron chi connectivity index (χ4n) is 2.22. The maximum Gasteiger partial charge on any atom is 0.166 e. The first-order valence-corrected chi connectivity index (χ1v) is 6.96. The highest BCUT2D eigenvalue weighted by Gasteiger charge is 2.19. The summed E-state index contributed by atoms with van der Waals surface area (Å²) >= 11 is 0. The number of rotatable bonds is 6. The van der Waals surface area contributed by atoms with Gasteiger partial charge < -0.3 is 19.5 Å². The van der Waals surface area contributed by atoms with Gasteiger partial charge in [-0.1, -0.05) is 19.1 Å². The topological polar surface area (TPSA) is 39.7 Å². The monoisotopic (exact) mass is 265 g/mol. The van der Waals surface area contributed by atoms with E-state index in [0.717, 1.165) is 56.2 Å². The predicted molar refractivity (Wildman–Crippen MR) is 74.8 cm³/mol. The molecule has 0 saturated carbocycles. The van der Waals surface area contributed by atoms with E-state index in [1.165, 1.54) is 0 Å². The zero-order valence-corrected chi connectivity index (χ0v) is 11.8. The summed E-state index contributed by atoms with van der Waals surface area (Å²) < 4.78 is 16.9. The molecule has 1 N–H and O–H groups in total. The molecule has 1 fully saturated rings. The molecular formula is C15H23NO3. The number of hydrogen-bond donors (Lipinski definition) is 1. The Morgan fingerprint density at radius 2 is 2.11 bits per heavy atom. The van der Waals surface area contributed by atoms with Gasteiger partial charge in [-0.15, -0.1) is 0 Å². The summed E-state index contributed by atoms with van der Waals surface area (Å²) in [7, 11) is 1.68. The van der Waals surface area contributed by atoms with Crippen LogP contribution in [0.1, 0.15) is 25.3 Å². The van der Waals surface area contributed by atoms with Crippen LogP contribution in [-0.4, -0.2) is 33.0 Å². The van der Waals surface area contributed by atoms with Gasteiger partial charge in [0.2, 0.25) is 0 Å². The highest BCUT2D eigenvalue weighted by Crippen LogP contribution is 2.33. The molecule has 1 heterocycles. The van der Waals surface area contributed by atoms with Gasteiger partial charge in [0.25, 0.3) is 0 Å². The molecule has 0 amide bonds. The lowest BCUT2D eigenvalue weighted by Crippen LogP contribution is -2.26. The van der Waals surface area contributed by atoms with Gasteiger partial charge in [0, 0.05) is 24.9 Å². The molecule has 106 valence electrons. The number of benzene rings is 1.